The molecule has 0 fully saturated rings. The molecule has 72 valence electrons. The van der Waals surface area contributed by atoms with Gasteiger partial charge in [0.05, 0.1) is 0 Å². The highest BCUT2D eigenvalue weighted by Gasteiger charge is 1.91. The first-order valence-electron chi connectivity index (χ1n) is 4.93. The Morgan fingerprint density at radius 2 is 1.67 bits per heavy atom. The Bertz CT molecular complexity index is 119. The van der Waals surface area contributed by atoms with Crippen LogP contribution < -0.4 is 5.73 Å². The number of nitrogens with zero attached hydrogens (tertiary/aromatic N) is 1. The van der Waals surface area contributed by atoms with Gasteiger partial charge in [0, 0.05) is 12.8 Å². The predicted octanol–water partition coefficient (Wildman–Crippen LogP) is 2.38. The van der Waals surface area contributed by atoms with E-state index in [1.54, 1.807) is 0 Å². The van der Waals surface area contributed by atoms with Crippen LogP contribution in [0.3, 0.4) is 0 Å². The molecule has 0 unspecified atom stereocenters. The molecule has 2 N–H and O–H groups in total. The van der Waals surface area contributed by atoms with E-state index in [9.17, 15) is 0 Å². The summed E-state index contributed by atoms with van der Waals surface area (Å²) in [6.45, 7) is 2.94. The molecule has 12 heavy (non-hydrogen) atoms. The highest BCUT2D eigenvalue weighted by atomic mass is 14.7. The third-order valence-corrected chi connectivity index (χ3v) is 2.12. The number of nitrogens with two attached hydrogens (primary N) is 1. The van der Waals surface area contributed by atoms with Crippen LogP contribution in [0.15, 0.2) is 4.99 Å². The van der Waals surface area contributed by atoms with Gasteiger partial charge in [0.2, 0.25) is 0 Å². The summed E-state index contributed by atoms with van der Waals surface area (Å²) in [7, 11) is 1.86. The van der Waals surface area contributed by atoms with Crippen molar-refractivity contribution >= 4 is 5.71 Å². The van der Waals surface area contributed by atoms with Gasteiger partial charge in [-0.05, 0) is 32.7 Å². The molecule has 0 rings (SSSR count). The SMILES string of the molecule is CN=C(C)CCCCCCCN. The Labute approximate surface area is 76.3 Å². The fraction of sp³-hybridized carbons (Fsp3) is 0.900. The van der Waals surface area contributed by atoms with Crippen LogP contribution in [0.4, 0.5) is 0 Å². The van der Waals surface area contributed by atoms with Crippen LogP contribution in [-0.2, 0) is 0 Å². The second-order valence-electron chi connectivity index (χ2n) is 3.27. The lowest BCUT2D eigenvalue weighted by Crippen LogP contribution is -1.97. The highest BCUT2D eigenvalue weighted by Crippen LogP contribution is 2.05. The summed E-state index contributed by atoms with van der Waals surface area (Å²) in [5.74, 6) is 0. The minimum atomic E-state index is 0.843. The summed E-state index contributed by atoms with van der Waals surface area (Å²) >= 11 is 0. The molecule has 0 aromatic rings. The van der Waals surface area contributed by atoms with Gasteiger partial charge in [0.15, 0.2) is 0 Å². The number of aliphatic imine (C=N–C) groups is 1. The number of unbranched alkanes of at least 4 members (excludes halogenated alkanes) is 4. The van der Waals surface area contributed by atoms with E-state index >= 15 is 0 Å². The molecule has 0 saturated heterocycles. The predicted molar refractivity (Wildman–Crippen MR) is 55.8 cm³/mol. The summed E-state index contributed by atoms with van der Waals surface area (Å²) in [5.41, 5.74) is 6.67. The van der Waals surface area contributed by atoms with E-state index in [1.165, 1.54) is 44.2 Å². The van der Waals surface area contributed by atoms with Crippen LogP contribution in [0.2, 0.25) is 0 Å². The number of hydrogen-bond donors (Lipinski definition) is 1. The first-order chi connectivity index (χ1) is 5.81. The van der Waals surface area contributed by atoms with Crippen molar-refractivity contribution in [2.45, 2.75) is 45.4 Å². The van der Waals surface area contributed by atoms with Crippen LogP contribution in [-0.4, -0.2) is 19.3 Å². The van der Waals surface area contributed by atoms with Crippen LogP contribution >= 0.6 is 0 Å². The summed E-state index contributed by atoms with van der Waals surface area (Å²) < 4.78 is 0. The second-order valence-corrected chi connectivity index (χ2v) is 3.27. The Hall–Kier alpha value is -0.370. The van der Waals surface area contributed by atoms with Crippen molar-refractivity contribution in [1.29, 1.82) is 0 Å². The van der Waals surface area contributed by atoms with Crippen LogP contribution in [0.5, 0.6) is 0 Å². The second kappa shape index (κ2) is 8.72. The third-order valence-electron chi connectivity index (χ3n) is 2.12. The average molecular weight is 170 g/mol. The van der Waals surface area contributed by atoms with Crippen molar-refractivity contribution < 1.29 is 0 Å². The van der Waals surface area contributed by atoms with E-state index in [4.69, 9.17) is 5.73 Å². The van der Waals surface area contributed by atoms with Gasteiger partial charge in [-0.3, -0.25) is 4.99 Å². The van der Waals surface area contributed by atoms with Crippen molar-refractivity contribution in [3.63, 3.8) is 0 Å². The minimum absolute atomic E-state index is 0.843. The lowest BCUT2D eigenvalue weighted by molar-refractivity contribution is 0.627. The molecule has 2 heteroatoms. The van der Waals surface area contributed by atoms with E-state index in [2.05, 4.69) is 11.9 Å². The maximum atomic E-state index is 5.39. The Balaban J connectivity index is 3.00. The number of hydrogen-bond acceptors (Lipinski definition) is 2. The molecule has 0 aromatic carbocycles. The maximum Gasteiger partial charge on any atom is 0.0276 e. The fourth-order valence-corrected chi connectivity index (χ4v) is 1.17. The van der Waals surface area contributed by atoms with E-state index in [0.29, 0.717) is 0 Å². The normalized spacial score (nSPS) is 12.1. The van der Waals surface area contributed by atoms with Crippen LogP contribution in [0.25, 0.3) is 0 Å². The fourth-order valence-electron chi connectivity index (χ4n) is 1.17. The van der Waals surface area contributed by atoms with Gasteiger partial charge >= 0.3 is 0 Å². The lowest BCUT2D eigenvalue weighted by atomic mass is 10.1. The zero-order chi connectivity index (χ0) is 9.23. The highest BCUT2D eigenvalue weighted by molar-refractivity contribution is 5.81. The largest absolute Gasteiger partial charge is 0.330 e. The smallest absolute Gasteiger partial charge is 0.0276 e. The Morgan fingerprint density at radius 1 is 1.08 bits per heavy atom. The quantitative estimate of drug-likeness (QED) is 0.462. The summed E-state index contributed by atoms with van der Waals surface area (Å²) in [5, 5.41) is 0. The molecule has 0 spiro atoms. The molecule has 0 aliphatic rings. The van der Waals surface area contributed by atoms with Gasteiger partial charge in [0.1, 0.15) is 0 Å². The molecule has 0 bridgehead atoms. The van der Waals surface area contributed by atoms with Crippen molar-refractivity contribution in [2.24, 2.45) is 10.7 Å². The molecule has 0 amide bonds. The monoisotopic (exact) mass is 170 g/mol. The molecule has 0 aromatic heterocycles. The molecule has 2 nitrogen and oxygen atoms in total. The molecule has 0 saturated carbocycles. The zero-order valence-corrected chi connectivity index (χ0v) is 8.47. The molecule has 0 heterocycles. The summed E-state index contributed by atoms with van der Waals surface area (Å²) in [6.07, 6.45) is 7.58. The van der Waals surface area contributed by atoms with E-state index in [-0.39, 0.29) is 0 Å². The number of rotatable bonds is 7. The minimum Gasteiger partial charge on any atom is -0.330 e. The van der Waals surface area contributed by atoms with Crippen molar-refractivity contribution in [1.82, 2.24) is 0 Å². The molecule has 0 atom stereocenters. The third kappa shape index (κ3) is 7.73. The van der Waals surface area contributed by atoms with Crippen molar-refractivity contribution in [3.8, 4) is 0 Å². The average Bonchev–Trinajstić information content (AvgIpc) is 2.10. The first kappa shape index (κ1) is 11.6. The van der Waals surface area contributed by atoms with Gasteiger partial charge < -0.3 is 5.73 Å². The van der Waals surface area contributed by atoms with Crippen molar-refractivity contribution in [3.05, 3.63) is 0 Å². The van der Waals surface area contributed by atoms with Gasteiger partial charge in [-0.1, -0.05) is 19.3 Å². The van der Waals surface area contributed by atoms with Crippen LogP contribution in [0, 0.1) is 0 Å². The topological polar surface area (TPSA) is 38.4 Å². The van der Waals surface area contributed by atoms with E-state index in [0.717, 1.165) is 6.54 Å². The maximum absolute atomic E-state index is 5.39. The van der Waals surface area contributed by atoms with Crippen molar-refractivity contribution in [2.75, 3.05) is 13.6 Å². The van der Waals surface area contributed by atoms with Crippen LogP contribution in [0.1, 0.15) is 45.4 Å². The Kier molecular flexibility index (Phi) is 8.46. The Morgan fingerprint density at radius 3 is 2.25 bits per heavy atom. The molecule has 0 radical (unpaired) electrons. The first-order valence-corrected chi connectivity index (χ1v) is 4.93. The van der Waals surface area contributed by atoms with Gasteiger partial charge in [-0.2, -0.15) is 0 Å². The van der Waals surface area contributed by atoms with Gasteiger partial charge in [-0.25, -0.2) is 0 Å². The molecular formula is C10H22N2. The standard InChI is InChI=1S/C10H22N2/c1-10(12-2)8-6-4-3-5-7-9-11/h3-9,11H2,1-2H3. The van der Waals surface area contributed by atoms with E-state index < -0.39 is 0 Å². The van der Waals surface area contributed by atoms with E-state index in [1.807, 2.05) is 7.05 Å². The molecular weight excluding hydrogens is 148 g/mol. The zero-order valence-electron chi connectivity index (χ0n) is 8.47. The lowest BCUT2D eigenvalue weighted by Gasteiger charge is -1.99. The molecule has 0 aliphatic carbocycles. The summed E-state index contributed by atoms with van der Waals surface area (Å²) in [4.78, 5) is 4.12. The molecule has 0 aliphatic heterocycles. The van der Waals surface area contributed by atoms with Gasteiger partial charge in [0.25, 0.3) is 0 Å². The summed E-state index contributed by atoms with van der Waals surface area (Å²) in [6, 6.07) is 0. The van der Waals surface area contributed by atoms with Gasteiger partial charge in [-0.15, -0.1) is 0 Å².